The lowest BCUT2D eigenvalue weighted by atomic mass is 9.91. The van der Waals surface area contributed by atoms with E-state index in [1.54, 1.807) is 0 Å². The van der Waals surface area contributed by atoms with E-state index in [1.165, 1.54) is 0 Å². The van der Waals surface area contributed by atoms with Gasteiger partial charge < -0.3 is 4.79 Å². The summed E-state index contributed by atoms with van der Waals surface area (Å²) >= 11 is 0. The minimum Gasteiger partial charge on any atom is -0.303 e. The van der Waals surface area contributed by atoms with Gasteiger partial charge in [-0.15, -0.1) is 0 Å². The number of ketones is 1. The molecule has 0 heterocycles. The summed E-state index contributed by atoms with van der Waals surface area (Å²) in [4.78, 5) is 21.5. The molecule has 0 aliphatic heterocycles. The maximum atomic E-state index is 11.5. The molecule has 70 valence electrons. The van der Waals surface area contributed by atoms with Crippen LogP contribution in [0.25, 0.3) is 0 Å². The van der Waals surface area contributed by atoms with Gasteiger partial charge in [-0.3, -0.25) is 4.79 Å². The molecule has 0 rings (SSSR count). The second-order valence-electron chi connectivity index (χ2n) is 3.36. The second kappa shape index (κ2) is 5.92. The first kappa shape index (κ1) is 11.3. The number of carbonyl (C=O) groups excluding carboxylic acids is 2. The van der Waals surface area contributed by atoms with Gasteiger partial charge in [0, 0.05) is 18.3 Å². The molecule has 0 aromatic carbocycles. The third-order valence-corrected chi connectivity index (χ3v) is 2.30. The van der Waals surface area contributed by atoms with Gasteiger partial charge in [-0.1, -0.05) is 20.8 Å². The van der Waals surface area contributed by atoms with Crippen molar-refractivity contribution < 1.29 is 9.59 Å². The number of rotatable bonds is 6. The van der Waals surface area contributed by atoms with E-state index in [2.05, 4.69) is 0 Å². The third kappa shape index (κ3) is 3.65. The van der Waals surface area contributed by atoms with Crippen LogP contribution < -0.4 is 0 Å². The summed E-state index contributed by atoms with van der Waals surface area (Å²) in [7, 11) is 0. The Hall–Kier alpha value is -0.660. The maximum Gasteiger partial charge on any atom is 0.138 e. The van der Waals surface area contributed by atoms with Crippen molar-refractivity contribution in [2.24, 2.45) is 11.8 Å². The van der Waals surface area contributed by atoms with Crippen molar-refractivity contribution >= 4 is 12.1 Å². The average Bonchev–Trinajstić information content (AvgIpc) is 2.11. The van der Waals surface area contributed by atoms with Crippen molar-refractivity contribution in [1.82, 2.24) is 0 Å². The van der Waals surface area contributed by atoms with Gasteiger partial charge in [-0.2, -0.15) is 0 Å². The zero-order chi connectivity index (χ0) is 9.56. The standard InChI is InChI=1S/C10H18O2/c1-4-8(2)10(12)9(3)6-5-7-11/h7-9H,4-6H2,1-3H3. The Morgan fingerprint density at radius 3 is 2.33 bits per heavy atom. The number of hydrogen-bond donors (Lipinski definition) is 0. The Bertz CT molecular complexity index is 152. The molecule has 0 saturated carbocycles. The van der Waals surface area contributed by atoms with E-state index in [0.717, 1.165) is 12.7 Å². The van der Waals surface area contributed by atoms with Crippen molar-refractivity contribution in [2.75, 3.05) is 0 Å². The van der Waals surface area contributed by atoms with E-state index in [9.17, 15) is 9.59 Å². The first-order chi connectivity index (χ1) is 5.63. The molecule has 0 bridgehead atoms. The molecule has 0 spiro atoms. The van der Waals surface area contributed by atoms with Crippen molar-refractivity contribution in [3.63, 3.8) is 0 Å². The van der Waals surface area contributed by atoms with Crippen molar-refractivity contribution in [3.05, 3.63) is 0 Å². The number of aldehydes is 1. The molecule has 0 fully saturated rings. The van der Waals surface area contributed by atoms with Crippen molar-refractivity contribution in [3.8, 4) is 0 Å². The minimum atomic E-state index is 0.0464. The first-order valence-electron chi connectivity index (χ1n) is 4.60. The molecule has 0 N–H and O–H groups in total. The monoisotopic (exact) mass is 170 g/mol. The maximum absolute atomic E-state index is 11.5. The molecule has 0 aromatic heterocycles. The van der Waals surface area contributed by atoms with Crippen LogP contribution in [-0.2, 0) is 9.59 Å². The molecule has 12 heavy (non-hydrogen) atoms. The molecule has 0 amide bonds. The molecule has 0 saturated heterocycles. The van der Waals surface area contributed by atoms with E-state index >= 15 is 0 Å². The van der Waals surface area contributed by atoms with Gasteiger partial charge in [-0.05, 0) is 12.8 Å². The van der Waals surface area contributed by atoms with Crippen LogP contribution in [0.5, 0.6) is 0 Å². The van der Waals surface area contributed by atoms with Crippen LogP contribution in [0, 0.1) is 11.8 Å². The largest absolute Gasteiger partial charge is 0.303 e. The van der Waals surface area contributed by atoms with Crippen LogP contribution in [0.3, 0.4) is 0 Å². The van der Waals surface area contributed by atoms with Gasteiger partial charge in [0.25, 0.3) is 0 Å². The molecule has 2 atom stereocenters. The lowest BCUT2D eigenvalue weighted by Crippen LogP contribution is -2.18. The summed E-state index contributed by atoms with van der Waals surface area (Å²) in [5.74, 6) is 0.483. The highest BCUT2D eigenvalue weighted by atomic mass is 16.1. The molecule has 0 aliphatic rings. The van der Waals surface area contributed by atoms with Crippen molar-refractivity contribution in [1.29, 1.82) is 0 Å². The van der Waals surface area contributed by atoms with E-state index in [1.807, 2.05) is 20.8 Å². The lowest BCUT2D eigenvalue weighted by Gasteiger charge is -2.13. The van der Waals surface area contributed by atoms with E-state index in [0.29, 0.717) is 18.6 Å². The smallest absolute Gasteiger partial charge is 0.138 e. The summed E-state index contributed by atoms with van der Waals surface area (Å²) < 4.78 is 0. The highest BCUT2D eigenvalue weighted by Crippen LogP contribution is 2.14. The number of carbonyl (C=O) groups is 2. The van der Waals surface area contributed by atoms with Gasteiger partial charge in [0.2, 0.25) is 0 Å². The topological polar surface area (TPSA) is 34.1 Å². The number of Topliss-reactive ketones (excluding diaryl/α,β-unsaturated/α-hetero) is 1. The van der Waals surface area contributed by atoms with Crippen molar-refractivity contribution in [2.45, 2.75) is 40.0 Å². The summed E-state index contributed by atoms with van der Waals surface area (Å²) in [6.07, 6.45) is 2.97. The summed E-state index contributed by atoms with van der Waals surface area (Å²) in [5, 5.41) is 0. The minimum absolute atomic E-state index is 0.0464. The fraction of sp³-hybridized carbons (Fsp3) is 0.800. The van der Waals surface area contributed by atoms with Gasteiger partial charge in [0.15, 0.2) is 0 Å². The quantitative estimate of drug-likeness (QED) is 0.573. The summed E-state index contributed by atoms with van der Waals surface area (Å²) in [6, 6.07) is 0. The van der Waals surface area contributed by atoms with Crippen LogP contribution in [0.4, 0.5) is 0 Å². The predicted octanol–water partition coefficient (Wildman–Crippen LogP) is 2.22. The zero-order valence-electron chi connectivity index (χ0n) is 8.17. The van der Waals surface area contributed by atoms with Crippen LogP contribution in [-0.4, -0.2) is 12.1 Å². The van der Waals surface area contributed by atoms with Gasteiger partial charge in [-0.25, -0.2) is 0 Å². The Kier molecular flexibility index (Phi) is 5.60. The average molecular weight is 170 g/mol. The summed E-state index contributed by atoms with van der Waals surface area (Å²) in [6.45, 7) is 5.85. The number of hydrogen-bond acceptors (Lipinski definition) is 2. The second-order valence-corrected chi connectivity index (χ2v) is 3.36. The van der Waals surface area contributed by atoms with Crippen LogP contribution >= 0.6 is 0 Å². The van der Waals surface area contributed by atoms with Gasteiger partial charge in [0.05, 0.1) is 0 Å². The molecular weight excluding hydrogens is 152 g/mol. The Balaban J connectivity index is 3.83. The van der Waals surface area contributed by atoms with Gasteiger partial charge in [0.1, 0.15) is 12.1 Å². The van der Waals surface area contributed by atoms with Crippen LogP contribution in [0.2, 0.25) is 0 Å². The molecule has 0 aliphatic carbocycles. The molecule has 2 heteroatoms. The van der Waals surface area contributed by atoms with Crippen LogP contribution in [0.15, 0.2) is 0 Å². The first-order valence-corrected chi connectivity index (χ1v) is 4.60. The molecule has 0 aromatic rings. The summed E-state index contributed by atoms with van der Waals surface area (Å²) in [5.41, 5.74) is 0. The highest BCUT2D eigenvalue weighted by molar-refractivity contribution is 5.82. The Morgan fingerprint density at radius 2 is 1.92 bits per heavy atom. The molecule has 2 nitrogen and oxygen atoms in total. The predicted molar refractivity (Wildman–Crippen MR) is 48.9 cm³/mol. The van der Waals surface area contributed by atoms with Crippen LogP contribution in [0.1, 0.15) is 40.0 Å². The van der Waals surface area contributed by atoms with Gasteiger partial charge >= 0.3 is 0 Å². The Morgan fingerprint density at radius 1 is 1.33 bits per heavy atom. The third-order valence-electron chi connectivity index (χ3n) is 2.30. The highest BCUT2D eigenvalue weighted by Gasteiger charge is 2.17. The fourth-order valence-corrected chi connectivity index (χ4v) is 1.15. The SMILES string of the molecule is CCC(C)C(=O)C(C)CCC=O. The van der Waals surface area contributed by atoms with E-state index in [4.69, 9.17) is 0 Å². The lowest BCUT2D eigenvalue weighted by molar-refractivity contribution is -0.126. The van der Waals surface area contributed by atoms with E-state index in [-0.39, 0.29) is 11.8 Å². The van der Waals surface area contributed by atoms with E-state index < -0.39 is 0 Å². The molecular formula is C10H18O2. The molecule has 0 radical (unpaired) electrons. The fourth-order valence-electron chi connectivity index (χ4n) is 1.15. The normalized spacial score (nSPS) is 15.2. The zero-order valence-corrected chi connectivity index (χ0v) is 8.17. The molecule has 2 unspecified atom stereocenters. The Labute approximate surface area is 74.3 Å².